The topological polar surface area (TPSA) is 29.5 Å². The van der Waals surface area contributed by atoms with Crippen LogP contribution in [0.5, 0.6) is 5.75 Å². The lowest BCUT2D eigenvalue weighted by Crippen LogP contribution is -2.25. The summed E-state index contributed by atoms with van der Waals surface area (Å²) >= 11 is 0. The van der Waals surface area contributed by atoms with E-state index in [-0.39, 0.29) is 0 Å². The van der Waals surface area contributed by atoms with E-state index < -0.39 is 5.60 Å². The molecule has 0 amide bonds. The van der Waals surface area contributed by atoms with E-state index in [0.717, 1.165) is 16.9 Å². The van der Waals surface area contributed by atoms with Crippen LogP contribution in [0.4, 0.5) is 0 Å². The Morgan fingerprint density at radius 3 is 2.25 bits per heavy atom. The molecule has 2 heteroatoms. The molecule has 106 valence electrons. The van der Waals surface area contributed by atoms with Crippen molar-refractivity contribution in [1.29, 1.82) is 0 Å². The molecule has 2 rings (SSSR count). The minimum atomic E-state index is -0.952. The van der Waals surface area contributed by atoms with E-state index >= 15 is 0 Å². The highest BCUT2D eigenvalue weighted by atomic mass is 16.5. The standard InChI is InChI=1S/C18H22O2/c1-13-9-14(2)11-15(10-13)12-18(3,19)16-7-5-6-8-17(16)20-4/h5-11,19H,12H2,1-4H3. The third-order valence-corrected chi connectivity index (χ3v) is 3.52. The molecule has 0 aliphatic carbocycles. The monoisotopic (exact) mass is 270 g/mol. The van der Waals surface area contributed by atoms with Crippen LogP contribution >= 0.6 is 0 Å². The zero-order valence-corrected chi connectivity index (χ0v) is 12.6. The molecular weight excluding hydrogens is 248 g/mol. The van der Waals surface area contributed by atoms with Crippen molar-refractivity contribution >= 4 is 0 Å². The van der Waals surface area contributed by atoms with Crippen LogP contribution < -0.4 is 4.74 Å². The fourth-order valence-corrected chi connectivity index (χ4v) is 2.75. The van der Waals surface area contributed by atoms with Gasteiger partial charge in [0, 0.05) is 12.0 Å². The molecule has 0 bridgehead atoms. The molecule has 2 nitrogen and oxygen atoms in total. The lowest BCUT2D eigenvalue weighted by Gasteiger charge is -2.26. The Bertz CT molecular complexity index is 580. The lowest BCUT2D eigenvalue weighted by molar-refractivity contribution is 0.0549. The SMILES string of the molecule is COc1ccccc1C(C)(O)Cc1cc(C)cc(C)c1. The Hall–Kier alpha value is -1.80. The highest BCUT2D eigenvalue weighted by molar-refractivity contribution is 5.39. The maximum absolute atomic E-state index is 10.9. The number of rotatable bonds is 4. The molecule has 0 radical (unpaired) electrons. The molecule has 1 atom stereocenters. The average Bonchev–Trinajstić information content (AvgIpc) is 2.36. The molecule has 2 aromatic rings. The fraction of sp³-hybridized carbons (Fsp3) is 0.333. The van der Waals surface area contributed by atoms with Crippen LogP contribution in [-0.4, -0.2) is 12.2 Å². The summed E-state index contributed by atoms with van der Waals surface area (Å²) in [5.41, 5.74) is 3.44. The van der Waals surface area contributed by atoms with Crippen molar-refractivity contribution in [3.63, 3.8) is 0 Å². The summed E-state index contributed by atoms with van der Waals surface area (Å²) in [6.45, 7) is 5.99. The van der Waals surface area contributed by atoms with Gasteiger partial charge in [-0.1, -0.05) is 47.5 Å². The maximum Gasteiger partial charge on any atom is 0.124 e. The number of aryl methyl sites for hydroxylation is 2. The first-order valence-corrected chi connectivity index (χ1v) is 6.85. The summed E-state index contributed by atoms with van der Waals surface area (Å²) in [6, 6.07) is 14.0. The van der Waals surface area contributed by atoms with Gasteiger partial charge >= 0.3 is 0 Å². The Labute approximate surface area is 121 Å². The summed E-state index contributed by atoms with van der Waals surface area (Å²) in [5, 5.41) is 10.9. The van der Waals surface area contributed by atoms with E-state index in [1.165, 1.54) is 11.1 Å². The number of hydrogen-bond donors (Lipinski definition) is 1. The van der Waals surface area contributed by atoms with Crippen molar-refractivity contribution < 1.29 is 9.84 Å². The third-order valence-electron chi connectivity index (χ3n) is 3.52. The molecule has 1 unspecified atom stereocenters. The highest BCUT2D eigenvalue weighted by Crippen LogP contribution is 2.32. The molecule has 0 saturated heterocycles. The largest absolute Gasteiger partial charge is 0.496 e. The van der Waals surface area contributed by atoms with Gasteiger partial charge < -0.3 is 9.84 Å². The predicted molar refractivity (Wildman–Crippen MR) is 82.2 cm³/mol. The Morgan fingerprint density at radius 2 is 1.65 bits per heavy atom. The van der Waals surface area contributed by atoms with Crippen LogP contribution in [0.25, 0.3) is 0 Å². The number of ether oxygens (including phenoxy) is 1. The van der Waals surface area contributed by atoms with Crippen molar-refractivity contribution in [3.8, 4) is 5.75 Å². The minimum Gasteiger partial charge on any atom is -0.496 e. The van der Waals surface area contributed by atoms with Gasteiger partial charge in [-0.2, -0.15) is 0 Å². The van der Waals surface area contributed by atoms with Gasteiger partial charge in [-0.3, -0.25) is 0 Å². The van der Waals surface area contributed by atoms with Crippen molar-refractivity contribution in [2.75, 3.05) is 7.11 Å². The number of para-hydroxylation sites is 1. The van der Waals surface area contributed by atoms with Gasteiger partial charge in [0.15, 0.2) is 0 Å². The Balaban J connectivity index is 2.35. The Kier molecular flexibility index (Phi) is 4.15. The summed E-state index contributed by atoms with van der Waals surface area (Å²) in [5.74, 6) is 0.724. The van der Waals surface area contributed by atoms with Crippen LogP contribution in [0, 0.1) is 13.8 Å². The lowest BCUT2D eigenvalue weighted by atomic mass is 9.87. The van der Waals surface area contributed by atoms with Gasteiger partial charge in [-0.15, -0.1) is 0 Å². The maximum atomic E-state index is 10.9. The quantitative estimate of drug-likeness (QED) is 0.916. The molecule has 1 N–H and O–H groups in total. The summed E-state index contributed by atoms with van der Waals surface area (Å²) in [6.07, 6.45) is 0.565. The van der Waals surface area contributed by atoms with Crippen molar-refractivity contribution in [1.82, 2.24) is 0 Å². The second-order valence-electron chi connectivity index (χ2n) is 5.65. The van der Waals surface area contributed by atoms with Crippen LogP contribution in [0.1, 0.15) is 29.2 Å². The van der Waals surface area contributed by atoms with Gasteiger partial charge in [0.25, 0.3) is 0 Å². The first-order chi connectivity index (χ1) is 9.42. The van der Waals surface area contributed by atoms with Gasteiger partial charge in [-0.05, 0) is 32.4 Å². The molecule has 0 fully saturated rings. The zero-order valence-electron chi connectivity index (χ0n) is 12.6. The second kappa shape index (κ2) is 5.68. The van der Waals surface area contributed by atoms with E-state index in [4.69, 9.17) is 4.74 Å². The summed E-state index contributed by atoms with van der Waals surface area (Å²) < 4.78 is 5.36. The first-order valence-electron chi connectivity index (χ1n) is 6.85. The molecule has 2 aromatic carbocycles. The van der Waals surface area contributed by atoms with E-state index in [1.54, 1.807) is 7.11 Å². The van der Waals surface area contributed by atoms with Crippen LogP contribution in [0.15, 0.2) is 42.5 Å². The minimum absolute atomic E-state index is 0.565. The number of methoxy groups -OCH3 is 1. The molecule has 0 aliphatic heterocycles. The molecule has 0 heterocycles. The Morgan fingerprint density at radius 1 is 1.05 bits per heavy atom. The normalized spacial score (nSPS) is 13.8. The van der Waals surface area contributed by atoms with Gasteiger partial charge in [0.1, 0.15) is 5.75 Å². The van der Waals surface area contributed by atoms with Crippen molar-refractivity contribution in [2.45, 2.75) is 32.8 Å². The smallest absolute Gasteiger partial charge is 0.124 e. The van der Waals surface area contributed by atoms with Crippen LogP contribution in [0.3, 0.4) is 0 Å². The fourth-order valence-electron chi connectivity index (χ4n) is 2.75. The number of hydrogen-bond acceptors (Lipinski definition) is 2. The van der Waals surface area contributed by atoms with Crippen molar-refractivity contribution in [3.05, 3.63) is 64.7 Å². The molecule has 20 heavy (non-hydrogen) atoms. The van der Waals surface area contributed by atoms with Crippen molar-refractivity contribution in [2.24, 2.45) is 0 Å². The van der Waals surface area contributed by atoms with E-state index in [0.29, 0.717) is 6.42 Å². The predicted octanol–water partition coefficient (Wildman–Crippen LogP) is 3.76. The highest BCUT2D eigenvalue weighted by Gasteiger charge is 2.27. The molecule has 0 spiro atoms. The van der Waals surface area contributed by atoms with Gasteiger partial charge in [0.2, 0.25) is 0 Å². The molecule has 0 aliphatic rings. The number of aliphatic hydroxyl groups is 1. The van der Waals surface area contributed by atoms with Gasteiger partial charge in [0.05, 0.1) is 12.7 Å². The third kappa shape index (κ3) is 3.20. The second-order valence-corrected chi connectivity index (χ2v) is 5.65. The average molecular weight is 270 g/mol. The molecule has 0 saturated carbocycles. The molecular formula is C18H22O2. The van der Waals surface area contributed by atoms with Crippen LogP contribution in [0.2, 0.25) is 0 Å². The van der Waals surface area contributed by atoms with Crippen LogP contribution in [-0.2, 0) is 12.0 Å². The molecule has 0 aromatic heterocycles. The first kappa shape index (κ1) is 14.6. The van der Waals surface area contributed by atoms with E-state index in [9.17, 15) is 5.11 Å². The van der Waals surface area contributed by atoms with E-state index in [2.05, 4.69) is 32.0 Å². The van der Waals surface area contributed by atoms with E-state index in [1.807, 2.05) is 31.2 Å². The number of benzene rings is 2. The summed E-state index contributed by atoms with van der Waals surface area (Å²) in [4.78, 5) is 0. The summed E-state index contributed by atoms with van der Waals surface area (Å²) in [7, 11) is 1.63. The zero-order chi connectivity index (χ0) is 14.8. The van der Waals surface area contributed by atoms with Gasteiger partial charge in [-0.25, -0.2) is 0 Å².